The fourth-order valence-electron chi connectivity index (χ4n) is 6.57. The van der Waals surface area contributed by atoms with Gasteiger partial charge in [0.05, 0.1) is 29.2 Å². The number of piperazine rings is 1. The van der Waals surface area contributed by atoms with Gasteiger partial charge in [-0.05, 0) is 68.5 Å². The van der Waals surface area contributed by atoms with E-state index in [2.05, 4.69) is 20.5 Å². The van der Waals surface area contributed by atoms with Gasteiger partial charge in [-0.25, -0.2) is 9.38 Å². The van der Waals surface area contributed by atoms with Crippen LogP contribution in [0.4, 0.5) is 32.0 Å². The van der Waals surface area contributed by atoms with Crippen LogP contribution in [0.5, 0.6) is 0 Å². The van der Waals surface area contributed by atoms with E-state index in [0.29, 0.717) is 38.0 Å². The van der Waals surface area contributed by atoms with Crippen molar-refractivity contribution in [2.24, 2.45) is 22.7 Å². The Morgan fingerprint density at radius 2 is 1.66 bits per heavy atom. The average Bonchev–Trinajstić information content (AvgIpc) is 3.14. The molecule has 2 aliphatic rings. The Bertz CT molecular complexity index is 1730. The van der Waals surface area contributed by atoms with E-state index in [-0.39, 0.29) is 55.2 Å². The minimum absolute atomic E-state index is 0.110. The van der Waals surface area contributed by atoms with E-state index < -0.39 is 65.0 Å². The van der Waals surface area contributed by atoms with Crippen molar-refractivity contribution < 1.29 is 45.5 Å². The largest absolute Gasteiger partial charge is 0.391 e. The second-order valence-corrected chi connectivity index (χ2v) is 13.6. The number of aliphatic imine (C=N–C) groups is 1. The number of likely N-dealkylation sites (N-methyl/N-ethyl adjacent to an activating group) is 1. The Balaban J connectivity index is 1.57. The molecule has 2 aromatic rings. The smallest absolute Gasteiger partial charge is 0.344 e. The Hall–Kier alpha value is -4.78. The molecule has 53 heavy (non-hydrogen) atoms. The van der Waals surface area contributed by atoms with Crippen LogP contribution in [0.1, 0.15) is 68.6 Å². The number of amides is 4. The van der Waals surface area contributed by atoms with Crippen LogP contribution in [0, 0.1) is 34.9 Å². The summed E-state index contributed by atoms with van der Waals surface area (Å²) in [5, 5.41) is 14.2. The van der Waals surface area contributed by atoms with Gasteiger partial charge in [0, 0.05) is 50.3 Å². The fourth-order valence-corrected chi connectivity index (χ4v) is 6.57. The van der Waals surface area contributed by atoms with E-state index in [9.17, 15) is 32.3 Å². The molecule has 1 aliphatic heterocycles. The first-order chi connectivity index (χ1) is 25.0. The zero-order chi connectivity index (χ0) is 39.1. The Morgan fingerprint density at radius 3 is 2.25 bits per heavy atom. The number of benzene rings is 2. The summed E-state index contributed by atoms with van der Waals surface area (Å²) in [6.07, 6.45) is -4.68. The highest BCUT2D eigenvalue weighted by Gasteiger charge is 2.44. The zero-order valence-electron chi connectivity index (χ0n) is 29.6. The lowest BCUT2D eigenvalue weighted by Gasteiger charge is -2.36. The summed E-state index contributed by atoms with van der Waals surface area (Å²) in [6, 6.07) is 8.57. The molecule has 0 radical (unpaired) electrons. The van der Waals surface area contributed by atoms with Crippen LogP contribution in [0.2, 0.25) is 0 Å². The van der Waals surface area contributed by atoms with Gasteiger partial charge < -0.3 is 20.4 Å². The monoisotopic (exact) mass is 748 g/mol. The first kappa shape index (κ1) is 41.0. The molecular weight excluding hydrogens is 706 g/mol. The number of alkyl halides is 5. The van der Waals surface area contributed by atoms with Crippen molar-refractivity contribution in [2.45, 2.75) is 70.0 Å². The normalized spacial score (nSPS) is 20.3. The second-order valence-electron chi connectivity index (χ2n) is 13.6. The molecule has 0 aromatic heterocycles. The summed E-state index contributed by atoms with van der Waals surface area (Å²) >= 11 is 0. The van der Waals surface area contributed by atoms with Gasteiger partial charge in [-0.2, -0.15) is 27.2 Å². The van der Waals surface area contributed by atoms with Crippen molar-refractivity contribution in [2.75, 3.05) is 38.5 Å². The maximum atomic E-state index is 15.6. The van der Waals surface area contributed by atoms with Crippen molar-refractivity contribution in [1.82, 2.24) is 15.1 Å². The molecule has 4 amide bonds. The lowest BCUT2D eigenvalue weighted by atomic mass is 9.75. The van der Waals surface area contributed by atoms with Crippen LogP contribution < -0.4 is 10.6 Å². The first-order valence-corrected chi connectivity index (χ1v) is 17.4. The van der Waals surface area contributed by atoms with E-state index in [1.807, 2.05) is 7.05 Å². The third kappa shape index (κ3) is 10.2. The van der Waals surface area contributed by atoms with Crippen molar-refractivity contribution >= 4 is 35.5 Å². The van der Waals surface area contributed by atoms with Crippen LogP contribution in [0.25, 0.3) is 0 Å². The molecule has 1 heterocycles. The summed E-state index contributed by atoms with van der Waals surface area (Å²) in [4.78, 5) is 59.2. The number of rotatable bonds is 11. The van der Waals surface area contributed by atoms with Crippen LogP contribution in [0.3, 0.4) is 0 Å². The van der Waals surface area contributed by atoms with Gasteiger partial charge >= 0.3 is 18.0 Å². The minimum atomic E-state index is -4.47. The van der Waals surface area contributed by atoms with Crippen LogP contribution >= 0.6 is 0 Å². The Kier molecular flexibility index (Phi) is 13.4. The molecule has 1 saturated heterocycles. The fraction of sp³-hybridized carbons (Fsp3) is 0.514. The van der Waals surface area contributed by atoms with Gasteiger partial charge in [0.2, 0.25) is 17.7 Å². The molecule has 16 heteroatoms. The number of hydrogen-bond donors (Lipinski definition) is 2. The van der Waals surface area contributed by atoms with Gasteiger partial charge in [-0.15, -0.1) is 0 Å². The lowest BCUT2D eigenvalue weighted by Crippen LogP contribution is -2.55. The summed E-state index contributed by atoms with van der Waals surface area (Å²) in [5.41, 5.74) is -0.981. The number of anilines is 1. The number of nitrogens with zero attached hydrogens (tertiary/aromatic N) is 4. The number of carbonyl (C=O) groups excluding carboxylic acids is 4. The predicted octanol–water partition coefficient (Wildman–Crippen LogP) is 5.78. The average molecular weight is 749 g/mol. The van der Waals surface area contributed by atoms with Crippen molar-refractivity contribution in [1.29, 1.82) is 5.26 Å². The number of nitrogens with one attached hydrogen (secondary N) is 2. The van der Waals surface area contributed by atoms with E-state index in [1.54, 1.807) is 24.8 Å². The van der Waals surface area contributed by atoms with Crippen LogP contribution in [0.15, 0.2) is 47.5 Å². The first-order valence-electron chi connectivity index (χ1n) is 17.4. The maximum Gasteiger partial charge on any atom is 0.391 e. The molecular formula is C37H42F6N6O4. The third-order valence-corrected chi connectivity index (χ3v) is 10.0. The molecule has 4 rings (SSSR count). The van der Waals surface area contributed by atoms with Gasteiger partial charge in [-0.1, -0.05) is 32.0 Å². The molecule has 2 fully saturated rings. The molecule has 2 N–H and O–H groups in total. The third-order valence-electron chi connectivity index (χ3n) is 10.0. The Morgan fingerprint density at radius 1 is 1.00 bits per heavy atom. The van der Waals surface area contributed by atoms with Gasteiger partial charge in [0.15, 0.2) is 0 Å². The number of hydrogen-bond acceptors (Lipinski definition) is 6. The van der Waals surface area contributed by atoms with E-state index in [0.717, 1.165) is 24.3 Å². The summed E-state index contributed by atoms with van der Waals surface area (Å²) in [7, 11) is 1.92. The van der Waals surface area contributed by atoms with Crippen LogP contribution in [-0.4, -0.2) is 85.1 Å². The van der Waals surface area contributed by atoms with E-state index in [4.69, 9.17) is 5.26 Å². The molecule has 0 spiro atoms. The molecule has 2 aromatic carbocycles. The van der Waals surface area contributed by atoms with Crippen LogP contribution in [-0.2, 0) is 25.1 Å². The summed E-state index contributed by atoms with van der Waals surface area (Å²) in [6.45, 7) is 5.44. The quantitative estimate of drug-likeness (QED) is 0.221. The Labute approximate surface area is 303 Å². The molecule has 1 aliphatic carbocycles. The molecule has 286 valence electrons. The highest BCUT2D eigenvalue weighted by molar-refractivity contribution is 6.05. The van der Waals surface area contributed by atoms with Gasteiger partial charge in [0.25, 0.3) is 0 Å². The second kappa shape index (κ2) is 17.4. The number of halogens is 6. The molecule has 1 unspecified atom stereocenters. The summed E-state index contributed by atoms with van der Waals surface area (Å²) < 4.78 is 85.9. The number of carbonyl (C=O) groups is 4. The van der Waals surface area contributed by atoms with Crippen molar-refractivity contribution in [3.8, 4) is 6.07 Å². The van der Waals surface area contributed by atoms with Crippen molar-refractivity contribution in [3.05, 3.63) is 65.0 Å². The minimum Gasteiger partial charge on any atom is -0.344 e. The predicted molar refractivity (Wildman–Crippen MR) is 183 cm³/mol. The van der Waals surface area contributed by atoms with Gasteiger partial charge in [0.1, 0.15) is 11.9 Å². The zero-order valence-corrected chi connectivity index (χ0v) is 29.6. The highest BCUT2D eigenvalue weighted by Crippen LogP contribution is 2.42. The van der Waals surface area contributed by atoms with Crippen molar-refractivity contribution in [3.63, 3.8) is 0 Å². The SMILES string of the molecule is CCC(=O)N[C@@H](C(=O)N1CCN(C)CC1)[C@@H](C)c1ccc(NC(=O)C(C=NC(=O)C(F)(F)c2cccc(C#N)c2)C2CCC(C(F)(F)F)CC2)c(F)c1. The highest BCUT2D eigenvalue weighted by atomic mass is 19.4. The number of nitriles is 1. The summed E-state index contributed by atoms with van der Waals surface area (Å²) in [5.74, 6) is -13.4. The molecule has 0 bridgehead atoms. The standard InChI is InChI=1S/C37H42F6N6O4/c1-4-31(50)47-32(34(52)49-16-14-48(3)15-17-49)22(2)25-10-13-30(29(38)19-25)46-33(51)28(24-8-11-26(12-9-24)37(41,42)43)21-45-35(53)36(39,40)27-7-5-6-23(18-27)20-44/h5-7,10,13,18-19,21-22,24,26,28,32H,4,8-9,11-12,14-17H2,1-3H3,(H,46,51)(H,47,50)/t22-,24?,26?,28?,32+/m0/s1. The topological polar surface area (TPSA) is 135 Å². The molecule has 1 saturated carbocycles. The van der Waals surface area contributed by atoms with E-state index >= 15 is 13.2 Å². The lowest BCUT2D eigenvalue weighted by molar-refractivity contribution is -0.184. The van der Waals surface area contributed by atoms with Gasteiger partial charge in [-0.3, -0.25) is 19.2 Å². The molecule has 10 nitrogen and oxygen atoms in total. The molecule has 3 atom stereocenters. The van der Waals surface area contributed by atoms with E-state index in [1.165, 1.54) is 18.2 Å². The maximum absolute atomic E-state index is 15.6.